The topological polar surface area (TPSA) is 32.7 Å². The zero-order valence-electron chi connectivity index (χ0n) is 12.9. The van der Waals surface area contributed by atoms with E-state index in [4.69, 9.17) is 0 Å². The van der Waals surface area contributed by atoms with Crippen molar-refractivity contribution in [3.05, 3.63) is 57.3 Å². The van der Waals surface area contributed by atoms with Gasteiger partial charge in [0.25, 0.3) is 0 Å². The van der Waals surface area contributed by atoms with Crippen LogP contribution in [0, 0.1) is 11.6 Å². The number of hydrogen-bond acceptors (Lipinski definition) is 4. The van der Waals surface area contributed by atoms with E-state index < -0.39 is 16.5 Å². The first-order chi connectivity index (χ1) is 11.5. The molecule has 2 aliphatic rings. The molecule has 0 bridgehead atoms. The summed E-state index contributed by atoms with van der Waals surface area (Å²) in [7, 11) is 0. The van der Waals surface area contributed by atoms with E-state index in [2.05, 4.69) is 11.2 Å². The van der Waals surface area contributed by atoms with E-state index in [1.165, 1.54) is 29.3 Å². The molecule has 1 atom stereocenters. The lowest BCUT2D eigenvalue weighted by molar-refractivity contribution is -0.132. The highest BCUT2D eigenvalue weighted by atomic mass is 32.2. The molecule has 0 fully saturated rings. The second kappa shape index (κ2) is 5.67. The Bertz CT molecular complexity index is 864. The van der Waals surface area contributed by atoms with Crippen LogP contribution in [-0.4, -0.2) is 16.0 Å². The van der Waals surface area contributed by atoms with Crippen LogP contribution >= 0.6 is 23.1 Å². The number of hydrogen-bond donors (Lipinski definition) is 0. The van der Waals surface area contributed by atoms with Gasteiger partial charge in [0, 0.05) is 17.4 Å². The predicted octanol–water partition coefficient (Wildman–Crippen LogP) is 4.47. The SMILES string of the molecule is CC(=O)N1N=C(c2cc(F)ccc2F)SC12CCCc1ccsc12. The lowest BCUT2D eigenvalue weighted by atomic mass is 9.94. The maximum atomic E-state index is 14.2. The Balaban J connectivity index is 1.84. The van der Waals surface area contributed by atoms with Crippen molar-refractivity contribution in [1.82, 2.24) is 5.01 Å². The maximum Gasteiger partial charge on any atom is 0.241 e. The van der Waals surface area contributed by atoms with Gasteiger partial charge in [-0.3, -0.25) is 4.79 Å². The molecule has 1 aromatic heterocycles. The molecule has 4 rings (SSSR count). The summed E-state index contributed by atoms with van der Waals surface area (Å²) in [6.07, 6.45) is 2.64. The van der Waals surface area contributed by atoms with Crippen molar-refractivity contribution in [3.8, 4) is 0 Å². The Morgan fingerprint density at radius 3 is 2.96 bits per heavy atom. The van der Waals surface area contributed by atoms with Gasteiger partial charge in [-0.2, -0.15) is 5.10 Å². The molecule has 24 heavy (non-hydrogen) atoms. The minimum atomic E-state index is -0.637. The predicted molar refractivity (Wildman–Crippen MR) is 91.9 cm³/mol. The van der Waals surface area contributed by atoms with Gasteiger partial charge in [-0.05, 0) is 54.5 Å². The highest BCUT2D eigenvalue weighted by molar-refractivity contribution is 8.15. The van der Waals surface area contributed by atoms with Gasteiger partial charge in [0.15, 0.2) is 4.87 Å². The summed E-state index contributed by atoms with van der Waals surface area (Å²) in [6, 6.07) is 5.38. The summed E-state index contributed by atoms with van der Waals surface area (Å²) in [5.41, 5.74) is 1.31. The molecule has 2 aromatic rings. The van der Waals surface area contributed by atoms with Gasteiger partial charge in [0.1, 0.15) is 16.7 Å². The third-order valence-corrected chi connectivity index (χ3v) is 6.97. The Kier molecular flexibility index (Phi) is 3.73. The second-order valence-electron chi connectivity index (χ2n) is 5.88. The minimum Gasteiger partial charge on any atom is -0.273 e. The van der Waals surface area contributed by atoms with Crippen LogP contribution in [0.5, 0.6) is 0 Å². The lowest BCUT2D eigenvalue weighted by Crippen LogP contribution is -2.41. The van der Waals surface area contributed by atoms with E-state index >= 15 is 0 Å². The first kappa shape index (κ1) is 15.8. The molecular formula is C17H14F2N2OS2. The fraction of sp³-hybridized carbons (Fsp3) is 0.294. The molecule has 3 nitrogen and oxygen atoms in total. The van der Waals surface area contributed by atoms with Crippen LogP contribution in [0.15, 0.2) is 34.7 Å². The van der Waals surface area contributed by atoms with E-state index in [1.54, 1.807) is 11.3 Å². The van der Waals surface area contributed by atoms with Crippen LogP contribution < -0.4 is 0 Å². The molecule has 0 radical (unpaired) electrons. The first-order valence-corrected chi connectivity index (χ1v) is 9.31. The largest absolute Gasteiger partial charge is 0.273 e. The average molecular weight is 364 g/mol. The number of hydrazone groups is 1. The van der Waals surface area contributed by atoms with E-state index in [1.807, 2.05) is 5.38 Å². The van der Waals surface area contributed by atoms with Crippen molar-refractivity contribution in [2.75, 3.05) is 0 Å². The highest BCUT2D eigenvalue weighted by Crippen LogP contribution is 2.55. The van der Waals surface area contributed by atoms with Crippen molar-refractivity contribution in [2.24, 2.45) is 5.10 Å². The summed E-state index contributed by atoms with van der Waals surface area (Å²) < 4.78 is 27.7. The molecule has 0 saturated heterocycles. The van der Waals surface area contributed by atoms with Crippen molar-refractivity contribution in [1.29, 1.82) is 0 Å². The molecule has 0 N–H and O–H groups in total. The van der Waals surface area contributed by atoms with E-state index in [0.29, 0.717) is 5.04 Å². The third-order valence-electron chi connectivity index (χ3n) is 4.32. The standard InChI is InChI=1S/C17H14F2N2OS2/c1-10(22)21-17(7-2-3-11-6-8-23-15(11)17)24-16(20-21)13-9-12(18)4-5-14(13)19/h4-6,8-9H,2-3,7H2,1H3. The number of thioether (sulfide) groups is 1. The van der Waals surface area contributed by atoms with Gasteiger partial charge in [0.2, 0.25) is 5.91 Å². The molecule has 124 valence electrons. The number of amides is 1. The van der Waals surface area contributed by atoms with E-state index in [0.717, 1.165) is 42.3 Å². The van der Waals surface area contributed by atoms with Crippen LogP contribution in [0.1, 0.15) is 35.8 Å². The number of nitrogens with zero attached hydrogens (tertiary/aromatic N) is 2. The van der Waals surface area contributed by atoms with Crippen LogP contribution in [0.25, 0.3) is 0 Å². The summed E-state index contributed by atoms with van der Waals surface area (Å²) >= 11 is 2.94. The minimum absolute atomic E-state index is 0.104. The van der Waals surface area contributed by atoms with Gasteiger partial charge in [0.05, 0.1) is 0 Å². The van der Waals surface area contributed by atoms with Crippen molar-refractivity contribution in [3.63, 3.8) is 0 Å². The zero-order valence-corrected chi connectivity index (χ0v) is 14.5. The van der Waals surface area contributed by atoms with Gasteiger partial charge in [-0.25, -0.2) is 13.8 Å². The first-order valence-electron chi connectivity index (χ1n) is 7.62. The molecule has 1 aromatic carbocycles. The Morgan fingerprint density at radius 2 is 2.17 bits per heavy atom. The molecule has 1 amide bonds. The van der Waals surface area contributed by atoms with Gasteiger partial charge in [-0.15, -0.1) is 11.3 Å². The van der Waals surface area contributed by atoms with Gasteiger partial charge < -0.3 is 0 Å². The quantitative estimate of drug-likeness (QED) is 0.748. The van der Waals surface area contributed by atoms with E-state index in [9.17, 15) is 13.6 Å². The third kappa shape index (κ3) is 2.29. The molecule has 0 saturated carbocycles. The number of carbonyl (C=O) groups excluding carboxylic acids is 1. The summed E-state index contributed by atoms with van der Waals surface area (Å²) in [5.74, 6) is -1.26. The molecule has 1 aliphatic carbocycles. The summed E-state index contributed by atoms with van der Waals surface area (Å²) in [6.45, 7) is 1.46. The smallest absolute Gasteiger partial charge is 0.241 e. The lowest BCUT2D eigenvalue weighted by Gasteiger charge is -2.37. The zero-order chi connectivity index (χ0) is 16.9. The fourth-order valence-electron chi connectivity index (χ4n) is 3.30. The number of thiophene rings is 1. The fourth-order valence-corrected chi connectivity index (χ4v) is 6.06. The van der Waals surface area contributed by atoms with Gasteiger partial charge in [-0.1, -0.05) is 11.8 Å². The second-order valence-corrected chi connectivity index (χ2v) is 8.06. The van der Waals surface area contributed by atoms with Gasteiger partial charge >= 0.3 is 0 Å². The van der Waals surface area contributed by atoms with Crippen molar-refractivity contribution < 1.29 is 13.6 Å². The number of halogens is 2. The van der Waals surface area contributed by atoms with E-state index in [-0.39, 0.29) is 11.5 Å². The van der Waals surface area contributed by atoms with Crippen LogP contribution in [0.3, 0.4) is 0 Å². The number of benzene rings is 1. The molecule has 1 aliphatic heterocycles. The Hall–Kier alpha value is -1.73. The normalized spacial score (nSPS) is 22.6. The Morgan fingerprint density at radius 1 is 1.33 bits per heavy atom. The molecule has 1 spiro atoms. The summed E-state index contributed by atoms with van der Waals surface area (Å²) in [5, 5.41) is 8.19. The van der Waals surface area contributed by atoms with Crippen molar-refractivity contribution in [2.45, 2.75) is 31.1 Å². The van der Waals surface area contributed by atoms with Crippen LogP contribution in [-0.2, 0) is 16.1 Å². The number of fused-ring (bicyclic) bond motifs is 2. The number of rotatable bonds is 1. The summed E-state index contributed by atoms with van der Waals surface area (Å²) in [4.78, 5) is 12.7. The maximum absolute atomic E-state index is 14.2. The van der Waals surface area contributed by atoms with Crippen LogP contribution in [0.4, 0.5) is 8.78 Å². The number of aryl methyl sites for hydroxylation is 1. The van der Waals surface area contributed by atoms with Crippen molar-refractivity contribution >= 4 is 34.0 Å². The Labute approximate surface area is 146 Å². The highest BCUT2D eigenvalue weighted by Gasteiger charge is 2.50. The van der Waals surface area contributed by atoms with Crippen LogP contribution in [0.2, 0.25) is 0 Å². The average Bonchev–Trinajstić information content (AvgIpc) is 3.16. The monoisotopic (exact) mass is 364 g/mol. The number of carbonyl (C=O) groups is 1. The molecule has 1 unspecified atom stereocenters. The molecule has 7 heteroatoms. The molecular weight excluding hydrogens is 350 g/mol. The molecule has 2 heterocycles.